The lowest BCUT2D eigenvalue weighted by molar-refractivity contribution is 0.390. The molecule has 0 spiro atoms. The lowest BCUT2D eigenvalue weighted by atomic mass is 9.92. The van der Waals surface area contributed by atoms with Crippen molar-refractivity contribution in [3.8, 4) is 0 Å². The van der Waals surface area contributed by atoms with Crippen LogP contribution >= 0.6 is 15.9 Å². The van der Waals surface area contributed by atoms with Gasteiger partial charge in [0.05, 0.1) is 4.47 Å². The molecule has 1 aromatic carbocycles. The van der Waals surface area contributed by atoms with E-state index in [1.807, 2.05) is 6.92 Å². The molecule has 0 aliphatic rings. The molecule has 0 amide bonds. The molecule has 0 unspecified atom stereocenters. The molecule has 0 aromatic heterocycles. The van der Waals surface area contributed by atoms with E-state index in [2.05, 4.69) is 42.0 Å². The van der Waals surface area contributed by atoms with E-state index in [0.717, 1.165) is 24.2 Å². The third-order valence-electron chi connectivity index (χ3n) is 2.46. The Bertz CT molecular complexity index is 369. The molecule has 0 atom stereocenters. The minimum Gasteiger partial charge on any atom is -0.385 e. The largest absolute Gasteiger partial charge is 0.385 e. The van der Waals surface area contributed by atoms with Crippen LogP contribution in [0.5, 0.6) is 0 Å². The summed E-state index contributed by atoms with van der Waals surface area (Å²) in [6.45, 7) is 9.44. The van der Waals surface area contributed by atoms with Gasteiger partial charge >= 0.3 is 0 Å². The number of hydrogen-bond acceptors (Lipinski definition) is 1. The molecule has 0 heterocycles. The molecule has 1 N–H and O–H groups in total. The van der Waals surface area contributed by atoms with Crippen LogP contribution in [0.2, 0.25) is 0 Å². The topological polar surface area (TPSA) is 12.0 Å². The van der Waals surface area contributed by atoms with Gasteiger partial charge in [0.2, 0.25) is 0 Å². The molecule has 16 heavy (non-hydrogen) atoms. The highest BCUT2D eigenvalue weighted by molar-refractivity contribution is 9.10. The van der Waals surface area contributed by atoms with Crippen LogP contribution in [0.15, 0.2) is 16.6 Å². The van der Waals surface area contributed by atoms with Gasteiger partial charge in [-0.15, -0.1) is 0 Å². The van der Waals surface area contributed by atoms with E-state index in [1.165, 1.54) is 0 Å². The standard InChI is InChI=1S/C13H19BrFN/c1-9-7-10(14)11(15)8-12(9)16-6-5-13(2,3)4/h7-8,16H,5-6H2,1-4H3. The number of hydrogen-bond donors (Lipinski definition) is 1. The summed E-state index contributed by atoms with van der Waals surface area (Å²) < 4.78 is 13.9. The predicted molar refractivity (Wildman–Crippen MR) is 71.4 cm³/mol. The molecule has 1 nitrogen and oxygen atoms in total. The smallest absolute Gasteiger partial charge is 0.139 e. The Labute approximate surface area is 106 Å². The van der Waals surface area contributed by atoms with Crippen molar-refractivity contribution in [2.24, 2.45) is 5.41 Å². The Morgan fingerprint density at radius 1 is 1.31 bits per heavy atom. The zero-order chi connectivity index (χ0) is 12.3. The van der Waals surface area contributed by atoms with E-state index >= 15 is 0 Å². The van der Waals surface area contributed by atoms with Gasteiger partial charge in [-0.05, 0) is 52.4 Å². The molecule has 1 aromatic rings. The van der Waals surface area contributed by atoms with Crippen LogP contribution in [-0.2, 0) is 0 Å². The molecule has 3 heteroatoms. The van der Waals surface area contributed by atoms with Crippen LogP contribution in [0.1, 0.15) is 32.8 Å². The van der Waals surface area contributed by atoms with Crippen molar-refractivity contribution in [2.75, 3.05) is 11.9 Å². The quantitative estimate of drug-likeness (QED) is 0.846. The van der Waals surface area contributed by atoms with Crippen LogP contribution in [0.3, 0.4) is 0 Å². The van der Waals surface area contributed by atoms with Crippen LogP contribution in [0.25, 0.3) is 0 Å². The van der Waals surface area contributed by atoms with E-state index in [0.29, 0.717) is 9.89 Å². The van der Waals surface area contributed by atoms with Gasteiger partial charge in [-0.25, -0.2) is 4.39 Å². The van der Waals surface area contributed by atoms with Gasteiger partial charge in [-0.1, -0.05) is 20.8 Å². The molecular weight excluding hydrogens is 269 g/mol. The molecule has 0 radical (unpaired) electrons. The average molecular weight is 288 g/mol. The number of nitrogens with one attached hydrogen (secondary N) is 1. The monoisotopic (exact) mass is 287 g/mol. The van der Waals surface area contributed by atoms with Crippen molar-refractivity contribution in [1.82, 2.24) is 0 Å². The first-order valence-corrected chi connectivity index (χ1v) is 6.28. The normalized spacial score (nSPS) is 11.6. The fraction of sp³-hybridized carbons (Fsp3) is 0.538. The van der Waals surface area contributed by atoms with Gasteiger partial charge in [0.1, 0.15) is 5.82 Å². The highest BCUT2D eigenvalue weighted by Crippen LogP contribution is 2.25. The minimum absolute atomic E-state index is 0.219. The summed E-state index contributed by atoms with van der Waals surface area (Å²) in [5.74, 6) is -0.219. The second-order valence-corrected chi connectivity index (χ2v) is 6.17. The van der Waals surface area contributed by atoms with Crippen molar-refractivity contribution >= 4 is 21.6 Å². The number of benzene rings is 1. The van der Waals surface area contributed by atoms with E-state index in [9.17, 15) is 4.39 Å². The van der Waals surface area contributed by atoms with Gasteiger partial charge in [-0.3, -0.25) is 0 Å². The van der Waals surface area contributed by atoms with Crippen molar-refractivity contribution in [3.05, 3.63) is 28.0 Å². The third-order valence-corrected chi connectivity index (χ3v) is 3.07. The van der Waals surface area contributed by atoms with Crippen LogP contribution in [0.4, 0.5) is 10.1 Å². The van der Waals surface area contributed by atoms with Gasteiger partial charge in [0.15, 0.2) is 0 Å². The Morgan fingerprint density at radius 2 is 1.94 bits per heavy atom. The first kappa shape index (κ1) is 13.5. The van der Waals surface area contributed by atoms with Crippen molar-refractivity contribution < 1.29 is 4.39 Å². The number of rotatable bonds is 3. The summed E-state index contributed by atoms with van der Waals surface area (Å²) in [4.78, 5) is 0. The summed E-state index contributed by atoms with van der Waals surface area (Å²) in [6, 6.07) is 3.34. The highest BCUT2D eigenvalue weighted by Gasteiger charge is 2.10. The maximum atomic E-state index is 13.3. The molecule has 0 fully saturated rings. The van der Waals surface area contributed by atoms with Crippen LogP contribution < -0.4 is 5.32 Å². The van der Waals surface area contributed by atoms with E-state index in [-0.39, 0.29) is 5.82 Å². The first-order valence-electron chi connectivity index (χ1n) is 5.49. The maximum absolute atomic E-state index is 13.3. The summed E-state index contributed by atoms with van der Waals surface area (Å²) in [6.07, 6.45) is 1.06. The van der Waals surface area contributed by atoms with E-state index in [4.69, 9.17) is 0 Å². The van der Waals surface area contributed by atoms with Crippen molar-refractivity contribution in [3.63, 3.8) is 0 Å². The summed E-state index contributed by atoms with van der Waals surface area (Å²) in [5, 5.41) is 3.28. The van der Waals surface area contributed by atoms with E-state index in [1.54, 1.807) is 12.1 Å². The van der Waals surface area contributed by atoms with Crippen LogP contribution in [-0.4, -0.2) is 6.54 Å². The molecule has 90 valence electrons. The fourth-order valence-electron chi connectivity index (χ4n) is 1.41. The second-order valence-electron chi connectivity index (χ2n) is 5.32. The predicted octanol–water partition coefficient (Wildman–Crippen LogP) is 4.74. The molecule has 0 bridgehead atoms. The van der Waals surface area contributed by atoms with E-state index < -0.39 is 0 Å². The Hall–Kier alpha value is -0.570. The Morgan fingerprint density at radius 3 is 2.50 bits per heavy atom. The molecule has 0 aliphatic heterocycles. The maximum Gasteiger partial charge on any atom is 0.139 e. The lowest BCUT2D eigenvalue weighted by Gasteiger charge is -2.19. The van der Waals surface area contributed by atoms with Gasteiger partial charge < -0.3 is 5.32 Å². The molecule has 1 rings (SSSR count). The molecule has 0 saturated heterocycles. The highest BCUT2D eigenvalue weighted by atomic mass is 79.9. The van der Waals surface area contributed by atoms with Gasteiger partial charge in [-0.2, -0.15) is 0 Å². The SMILES string of the molecule is Cc1cc(Br)c(F)cc1NCCC(C)(C)C. The zero-order valence-electron chi connectivity index (χ0n) is 10.3. The Balaban J connectivity index is 2.64. The number of anilines is 1. The van der Waals surface area contributed by atoms with Crippen molar-refractivity contribution in [2.45, 2.75) is 34.1 Å². The van der Waals surface area contributed by atoms with Crippen LogP contribution in [0, 0.1) is 18.2 Å². The summed E-state index contributed by atoms with van der Waals surface area (Å²) >= 11 is 3.18. The lowest BCUT2D eigenvalue weighted by Crippen LogP contribution is -2.13. The second kappa shape index (κ2) is 5.17. The molecular formula is C13H19BrFN. The first-order chi connectivity index (χ1) is 7.29. The number of halogens is 2. The third kappa shape index (κ3) is 4.12. The van der Waals surface area contributed by atoms with Gasteiger partial charge in [0.25, 0.3) is 0 Å². The zero-order valence-corrected chi connectivity index (χ0v) is 11.9. The average Bonchev–Trinajstić information content (AvgIpc) is 2.11. The van der Waals surface area contributed by atoms with Crippen molar-refractivity contribution in [1.29, 1.82) is 0 Å². The summed E-state index contributed by atoms with van der Waals surface area (Å²) in [5.41, 5.74) is 2.24. The Kier molecular flexibility index (Phi) is 4.36. The molecule has 0 saturated carbocycles. The summed E-state index contributed by atoms with van der Waals surface area (Å²) in [7, 11) is 0. The fourth-order valence-corrected chi connectivity index (χ4v) is 1.87. The number of aryl methyl sites for hydroxylation is 1. The molecule has 0 aliphatic carbocycles. The minimum atomic E-state index is -0.219. The van der Waals surface area contributed by atoms with Gasteiger partial charge in [0, 0.05) is 12.2 Å².